The molecule has 0 bridgehead atoms. The standard InChI is InChI=1S/C20H24N2O2S/c1-24-19-5-3-4-18(14-19)21-10-12-22(13-11-21)20(23)17-8-6-16(7-9-17)15-25-2/h3-9,14H,10-13,15H2,1-2H3. The van der Waals surface area contributed by atoms with Gasteiger partial charge in [0, 0.05) is 49.2 Å². The van der Waals surface area contributed by atoms with Crippen LogP contribution in [0.5, 0.6) is 5.75 Å². The quantitative estimate of drug-likeness (QED) is 0.821. The molecule has 25 heavy (non-hydrogen) atoms. The third-order valence-electron chi connectivity index (χ3n) is 4.50. The van der Waals surface area contributed by atoms with E-state index in [0.29, 0.717) is 0 Å². The molecule has 5 heteroatoms. The van der Waals surface area contributed by atoms with Crippen molar-refractivity contribution in [2.75, 3.05) is 44.4 Å². The fraction of sp³-hybridized carbons (Fsp3) is 0.350. The molecule has 0 spiro atoms. The van der Waals surface area contributed by atoms with E-state index in [4.69, 9.17) is 4.74 Å². The van der Waals surface area contributed by atoms with Crippen LogP contribution in [0.3, 0.4) is 0 Å². The number of carbonyl (C=O) groups is 1. The Hall–Kier alpha value is -2.14. The molecule has 2 aromatic rings. The van der Waals surface area contributed by atoms with Crippen molar-refractivity contribution in [1.82, 2.24) is 4.90 Å². The topological polar surface area (TPSA) is 32.8 Å². The first-order valence-electron chi connectivity index (χ1n) is 8.47. The lowest BCUT2D eigenvalue weighted by Gasteiger charge is -2.36. The first-order valence-corrected chi connectivity index (χ1v) is 9.87. The van der Waals surface area contributed by atoms with Crippen LogP contribution in [0.15, 0.2) is 48.5 Å². The Bertz CT molecular complexity index is 710. The van der Waals surface area contributed by atoms with Crippen LogP contribution in [0.2, 0.25) is 0 Å². The molecule has 1 aliphatic heterocycles. The number of nitrogens with zero attached hydrogens (tertiary/aromatic N) is 2. The van der Waals surface area contributed by atoms with Crippen LogP contribution in [0.25, 0.3) is 0 Å². The van der Waals surface area contributed by atoms with Gasteiger partial charge in [0.15, 0.2) is 0 Å². The number of piperazine rings is 1. The van der Waals surface area contributed by atoms with Crippen molar-refractivity contribution >= 4 is 23.4 Å². The minimum Gasteiger partial charge on any atom is -0.497 e. The molecule has 1 fully saturated rings. The van der Waals surface area contributed by atoms with E-state index in [2.05, 4.69) is 29.4 Å². The SMILES string of the molecule is COc1cccc(N2CCN(C(=O)c3ccc(CSC)cc3)CC2)c1. The van der Waals surface area contributed by atoms with E-state index in [9.17, 15) is 4.79 Å². The summed E-state index contributed by atoms with van der Waals surface area (Å²) >= 11 is 1.79. The zero-order chi connectivity index (χ0) is 17.6. The number of hydrogen-bond donors (Lipinski definition) is 0. The molecule has 0 aromatic heterocycles. The number of amides is 1. The lowest BCUT2D eigenvalue weighted by atomic mass is 10.1. The number of anilines is 1. The van der Waals surface area contributed by atoms with E-state index < -0.39 is 0 Å². The molecule has 4 nitrogen and oxygen atoms in total. The van der Waals surface area contributed by atoms with E-state index in [0.717, 1.165) is 48.9 Å². The monoisotopic (exact) mass is 356 g/mol. The maximum atomic E-state index is 12.7. The smallest absolute Gasteiger partial charge is 0.253 e. The molecular weight excluding hydrogens is 332 g/mol. The number of ether oxygens (including phenoxy) is 1. The van der Waals surface area contributed by atoms with Gasteiger partial charge in [0.1, 0.15) is 5.75 Å². The molecule has 3 rings (SSSR count). The lowest BCUT2D eigenvalue weighted by Crippen LogP contribution is -2.48. The zero-order valence-electron chi connectivity index (χ0n) is 14.8. The molecule has 132 valence electrons. The second-order valence-corrected chi connectivity index (χ2v) is 6.98. The van der Waals surface area contributed by atoms with E-state index in [-0.39, 0.29) is 5.91 Å². The molecule has 0 saturated carbocycles. The Kier molecular flexibility index (Phi) is 5.87. The average molecular weight is 356 g/mol. The van der Waals surface area contributed by atoms with Gasteiger partial charge in [-0.1, -0.05) is 18.2 Å². The second kappa shape index (κ2) is 8.30. The number of hydrogen-bond acceptors (Lipinski definition) is 4. The molecule has 0 unspecified atom stereocenters. The van der Waals surface area contributed by atoms with Gasteiger partial charge < -0.3 is 14.5 Å². The number of rotatable bonds is 5. The van der Waals surface area contributed by atoms with Crippen molar-refractivity contribution in [3.8, 4) is 5.75 Å². The summed E-state index contributed by atoms with van der Waals surface area (Å²) in [5.74, 6) is 1.97. The van der Waals surface area contributed by atoms with Crippen molar-refractivity contribution in [3.05, 3.63) is 59.7 Å². The summed E-state index contributed by atoms with van der Waals surface area (Å²) in [6.07, 6.45) is 2.08. The number of methoxy groups -OCH3 is 1. The van der Waals surface area contributed by atoms with Gasteiger partial charge in [0.25, 0.3) is 5.91 Å². The van der Waals surface area contributed by atoms with Gasteiger partial charge in [-0.3, -0.25) is 4.79 Å². The van der Waals surface area contributed by atoms with E-state index in [1.807, 2.05) is 35.2 Å². The zero-order valence-corrected chi connectivity index (χ0v) is 15.6. The number of thioether (sulfide) groups is 1. The number of benzene rings is 2. The van der Waals surface area contributed by atoms with Gasteiger partial charge >= 0.3 is 0 Å². The normalized spacial score (nSPS) is 14.5. The lowest BCUT2D eigenvalue weighted by molar-refractivity contribution is 0.0747. The average Bonchev–Trinajstić information content (AvgIpc) is 2.68. The minimum atomic E-state index is 0.126. The minimum absolute atomic E-state index is 0.126. The molecule has 0 radical (unpaired) electrons. The summed E-state index contributed by atoms with van der Waals surface area (Å²) in [6.45, 7) is 3.15. The Balaban J connectivity index is 1.60. The summed E-state index contributed by atoms with van der Waals surface area (Å²) in [4.78, 5) is 16.9. The third kappa shape index (κ3) is 4.28. The molecule has 0 aliphatic carbocycles. The van der Waals surface area contributed by atoms with Gasteiger partial charge in [-0.25, -0.2) is 0 Å². The highest BCUT2D eigenvalue weighted by molar-refractivity contribution is 7.97. The predicted octanol–water partition coefficient (Wildman–Crippen LogP) is 3.52. The van der Waals surface area contributed by atoms with Gasteiger partial charge in [-0.2, -0.15) is 11.8 Å². The molecular formula is C20H24N2O2S. The van der Waals surface area contributed by atoms with Crippen molar-refractivity contribution < 1.29 is 9.53 Å². The van der Waals surface area contributed by atoms with Crippen LogP contribution in [0.1, 0.15) is 15.9 Å². The Morgan fingerprint density at radius 1 is 1.08 bits per heavy atom. The van der Waals surface area contributed by atoms with Crippen LogP contribution >= 0.6 is 11.8 Å². The molecule has 0 N–H and O–H groups in total. The molecule has 2 aromatic carbocycles. The van der Waals surface area contributed by atoms with E-state index >= 15 is 0 Å². The first kappa shape index (κ1) is 17.7. The molecule has 1 aliphatic rings. The largest absolute Gasteiger partial charge is 0.497 e. The highest BCUT2D eigenvalue weighted by atomic mass is 32.2. The van der Waals surface area contributed by atoms with Crippen LogP contribution in [0, 0.1) is 0 Å². The molecule has 1 heterocycles. The highest BCUT2D eigenvalue weighted by Crippen LogP contribution is 2.22. The summed E-state index contributed by atoms with van der Waals surface area (Å²) in [5.41, 5.74) is 3.18. The maximum Gasteiger partial charge on any atom is 0.253 e. The summed E-state index contributed by atoms with van der Waals surface area (Å²) in [7, 11) is 1.68. The highest BCUT2D eigenvalue weighted by Gasteiger charge is 2.22. The summed E-state index contributed by atoms with van der Waals surface area (Å²) in [6, 6.07) is 16.1. The molecule has 1 saturated heterocycles. The maximum absolute atomic E-state index is 12.7. The predicted molar refractivity (Wildman–Crippen MR) is 105 cm³/mol. The van der Waals surface area contributed by atoms with Crippen molar-refractivity contribution in [2.24, 2.45) is 0 Å². The molecule has 0 atom stereocenters. The van der Waals surface area contributed by atoms with Crippen LogP contribution in [-0.2, 0) is 5.75 Å². The Morgan fingerprint density at radius 3 is 2.44 bits per heavy atom. The Labute approximate surface area is 153 Å². The third-order valence-corrected chi connectivity index (χ3v) is 5.12. The van der Waals surface area contributed by atoms with Crippen LogP contribution < -0.4 is 9.64 Å². The van der Waals surface area contributed by atoms with Gasteiger partial charge in [-0.15, -0.1) is 0 Å². The van der Waals surface area contributed by atoms with Crippen LogP contribution in [-0.4, -0.2) is 50.4 Å². The number of carbonyl (C=O) groups excluding carboxylic acids is 1. The van der Waals surface area contributed by atoms with Crippen molar-refractivity contribution in [3.63, 3.8) is 0 Å². The van der Waals surface area contributed by atoms with Crippen LogP contribution in [0.4, 0.5) is 5.69 Å². The van der Waals surface area contributed by atoms with E-state index in [1.54, 1.807) is 18.9 Å². The first-order chi connectivity index (χ1) is 12.2. The van der Waals surface area contributed by atoms with Crippen molar-refractivity contribution in [2.45, 2.75) is 5.75 Å². The van der Waals surface area contributed by atoms with Gasteiger partial charge in [-0.05, 0) is 36.1 Å². The summed E-state index contributed by atoms with van der Waals surface area (Å²) < 4.78 is 5.30. The fourth-order valence-electron chi connectivity index (χ4n) is 3.07. The molecule has 1 amide bonds. The van der Waals surface area contributed by atoms with Gasteiger partial charge in [0.05, 0.1) is 7.11 Å². The van der Waals surface area contributed by atoms with E-state index in [1.165, 1.54) is 5.56 Å². The summed E-state index contributed by atoms with van der Waals surface area (Å²) in [5, 5.41) is 0. The van der Waals surface area contributed by atoms with Gasteiger partial charge in [0.2, 0.25) is 0 Å². The van der Waals surface area contributed by atoms with Crippen molar-refractivity contribution in [1.29, 1.82) is 0 Å². The fourth-order valence-corrected chi connectivity index (χ4v) is 3.59. The Morgan fingerprint density at radius 2 is 1.80 bits per heavy atom. The second-order valence-electron chi connectivity index (χ2n) is 6.11.